The smallest absolute Gasteiger partial charge is 0.323 e. The number of rotatable bonds is 2. The number of amides is 1. The molecule has 1 unspecified atom stereocenters. The number of hydrogen-bond donors (Lipinski definition) is 2. The Morgan fingerprint density at radius 1 is 1.69 bits per heavy atom. The van der Waals surface area contributed by atoms with Crippen molar-refractivity contribution < 1.29 is 14.7 Å². The van der Waals surface area contributed by atoms with Gasteiger partial charge in [-0.1, -0.05) is 0 Å². The van der Waals surface area contributed by atoms with Crippen molar-refractivity contribution in [3.05, 3.63) is 0 Å². The van der Waals surface area contributed by atoms with Gasteiger partial charge in [0.15, 0.2) is 0 Å². The van der Waals surface area contributed by atoms with Crippen LogP contribution in [0.4, 0.5) is 0 Å². The van der Waals surface area contributed by atoms with Gasteiger partial charge in [-0.05, 0) is 20.8 Å². The van der Waals surface area contributed by atoms with Crippen LogP contribution < -0.4 is 5.32 Å². The van der Waals surface area contributed by atoms with E-state index in [0.29, 0.717) is 0 Å². The summed E-state index contributed by atoms with van der Waals surface area (Å²) >= 11 is 0. The number of hydrogen-bond acceptors (Lipinski definition) is 3. The molecule has 0 spiro atoms. The maximum absolute atomic E-state index is 11.5. The van der Waals surface area contributed by atoms with E-state index in [0.717, 1.165) is 0 Å². The average Bonchev–Trinajstić information content (AvgIpc) is 2.12. The first-order valence-electron chi connectivity index (χ1n) is 4.15. The molecule has 1 saturated heterocycles. The van der Waals surface area contributed by atoms with Crippen LogP contribution in [0.3, 0.4) is 0 Å². The van der Waals surface area contributed by atoms with Gasteiger partial charge in [0.2, 0.25) is 5.91 Å². The van der Waals surface area contributed by atoms with Crippen LogP contribution in [0.5, 0.6) is 0 Å². The normalized spacial score (nSPS) is 26.5. The maximum Gasteiger partial charge on any atom is 0.323 e. The van der Waals surface area contributed by atoms with E-state index in [4.69, 9.17) is 5.11 Å². The third-order valence-corrected chi connectivity index (χ3v) is 2.17. The van der Waals surface area contributed by atoms with Gasteiger partial charge in [0.25, 0.3) is 0 Å². The molecule has 0 aromatic carbocycles. The summed E-state index contributed by atoms with van der Waals surface area (Å²) in [6.45, 7) is 5.06. The van der Waals surface area contributed by atoms with Crippen molar-refractivity contribution in [2.24, 2.45) is 0 Å². The number of nitrogens with zero attached hydrogens (tertiary/aromatic N) is 1. The first-order chi connectivity index (χ1) is 5.84. The molecule has 5 heteroatoms. The Bertz CT molecular complexity index is 250. The Kier molecular flexibility index (Phi) is 2.30. The third kappa shape index (κ3) is 1.80. The Morgan fingerprint density at radius 2 is 2.23 bits per heavy atom. The first kappa shape index (κ1) is 9.98. The highest BCUT2D eigenvalue weighted by atomic mass is 16.4. The Hall–Kier alpha value is -1.10. The Labute approximate surface area is 76.7 Å². The molecule has 74 valence electrons. The highest BCUT2D eigenvalue weighted by Crippen LogP contribution is 2.19. The Balaban J connectivity index is 2.81. The minimum absolute atomic E-state index is 0.160. The highest BCUT2D eigenvalue weighted by Gasteiger charge is 2.42. The van der Waals surface area contributed by atoms with Gasteiger partial charge in [0, 0.05) is 0 Å². The molecule has 0 aliphatic carbocycles. The molecule has 1 amide bonds. The summed E-state index contributed by atoms with van der Waals surface area (Å²) in [6.07, 6.45) is 0. The average molecular weight is 186 g/mol. The maximum atomic E-state index is 11.5. The molecule has 0 aromatic heterocycles. The predicted molar refractivity (Wildman–Crippen MR) is 46.0 cm³/mol. The molecule has 0 aromatic rings. The quantitative estimate of drug-likeness (QED) is 0.617. The summed E-state index contributed by atoms with van der Waals surface area (Å²) in [6, 6.07) is -0.297. The van der Waals surface area contributed by atoms with E-state index >= 15 is 0 Å². The zero-order valence-corrected chi connectivity index (χ0v) is 8.00. The van der Waals surface area contributed by atoms with Crippen molar-refractivity contribution in [1.82, 2.24) is 10.2 Å². The molecule has 1 aliphatic rings. The van der Waals surface area contributed by atoms with Crippen molar-refractivity contribution in [3.63, 3.8) is 0 Å². The van der Waals surface area contributed by atoms with E-state index in [-0.39, 0.29) is 18.5 Å². The van der Waals surface area contributed by atoms with Crippen LogP contribution in [0.1, 0.15) is 20.8 Å². The van der Waals surface area contributed by atoms with Crippen LogP contribution in [0.2, 0.25) is 0 Å². The first-order valence-corrected chi connectivity index (χ1v) is 4.15. The second-order valence-corrected chi connectivity index (χ2v) is 3.74. The number of carbonyl (C=O) groups excluding carboxylic acids is 1. The monoisotopic (exact) mass is 186 g/mol. The van der Waals surface area contributed by atoms with Gasteiger partial charge < -0.3 is 10.0 Å². The molecule has 13 heavy (non-hydrogen) atoms. The van der Waals surface area contributed by atoms with Crippen LogP contribution in [-0.4, -0.2) is 40.1 Å². The van der Waals surface area contributed by atoms with E-state index in [2.05, 4.69) is 5.32 Å². The largest absolute Gasteiger partial charge is 0.480 e. The number of aliphatic carboxylic acids is 1. The zero-order valence-electron chi connectivity index (χ0n) is 8.00. The summed E-state index contributed by atoms with van der Waals surface area (Å²) in [7, 11) is 0. The number of carboxylic acids is 1. The topological polar surface area (TPSA) is 69.6 Å². The van der Waals surface area contributed by atoms with Gasteiger partial charge >= 0.3 is 5.97 Å². The van der Waals surface area contributed by atoms with E-state index in [9.17, 15) is 9.59 Å². The van der Waals surface area contributed by atoms with E-state index in [1.807, 2.05) is 0 Å². The molecule has 5 nitrogen and oxygen atoms in total. The fourth-order valence-electron chi connectivity index (χ4n) is 1.59. The van der Waals surface area contributed by atoms with Gasteiger partial charge in [-0.2, -0.15) is 0 Å². The minimum Gasteiger partial charge on any atom is -0.480 e. The molecule has 1 heterocycles. The van der Waals surface area contributed by atoms with Crippen molar-refractivity contribution in [3.8, 4) is 0 Å². The van der Waals surface area contributed by atoms with Crippen LogP contribution in [0.25, 0.3) is 0 Å². The van der Waals surface area contributed by atoms with Gasteiger partial charge in [0.05, 0.1) is 11.7 Å². The minimum atomic E-state index is -0.989. The van der Waals surface area contributed by atoms with Crippen molar-refractivity contribution in [2.45, 2.75) is 32.5 Å². The van der Waals surface area contributed by atoms with Crippen LogP contribution in [-0.2, 0) is 9.59 Å². The zero-order chi connectivity index (χ0) is 10.2. The third-order valence-electron chi connectivity index (χ3n) is 2.17. The summed E-state index contributed by atoms with van der Waals surface area (Å²) in [5, 5.41) is 11.6. The van der Waals surface area contributed by atoms with Crippen molar-refractivity contribution in [2.75, 3.05) is 6.54 Å². The molecule has 2 N–H and O–H groups in total. The van der Waals surface area contributed by atoms with Gasteiger partial charge in [-0.3, -0.25) is 14.9 Å². The van der Waals surface area contributed by atoms with Crippen LogP contribution >= 0.6 is 0 Å². The number of carbonyl (C=O) groups is 2. The predicted octanol–water partition coefficient (Wildman–Crippen LogP) is -0.373. The molecule has 1 fully saturated rings. The van der Waals surface area contributed by atoms with Gasteiger partial charge in [-0.25, -0.2) is 0 Å². The van der Waals surface area contributed by atoms with Crippen molar-refractivity contribution >= 4 is 11.9 Å². The van der Waals surface area contributed by atoms with Crippen LogP contribution in [0, 0.1) is 0 Å². The fourth-order valence-corrected chi connectivity index (χ4v) is 1.59. The molecular formula is C8H14N2O3. The molecule has 1 atom stereocenters. The standard InChI is InChI=1S/C8H14N2O3/c1-5-7(13)10(4-6(11)12)8(2,3)9-5/h5,9H,4H2,1-3H3,(H,11,12). The van der Waals surface area contributed by atoms with E-state index < -0.39 is 11.6 Å². The molecule has 0 saturated carbocycles. The fraction of sp³-hybridized carbons (Fsp3) is 0.750. The Morgan fingerprint density at radius 3 is 2.54 bits per heavy atom. The molecule has 1 rings (SSSR count). The lowest BCUT2D eigenvalue weighted by Gasteiger charge is -2.29. The van der Waals surface area contributed by atoms with Crippen molar-refractivity contribution in [1.29, 1.82) is 0 Å². The van der Waals surface area contributed by atoms with Gasteiger partial charge in [-0.15, -0.1) is 0 Å². The summed E-state index contributed by atoms with van der Waals surface area (Å²) in [5.41, 5.74) is -0.561. The lowest BCUT2D eigenvalue weighted by atomic mass is 10.2. The summed E-state index contributed by atoms with van der Waals surface area (Å²) < 4.78 is 0. The molecule has 1 aliphatic heterocycles. The molecule has 0 bridgehead atoms. The lowest BCUT2D eigenvalue weighted by Crippen LogP contribution is -2.49. The lowest BCUT2D eigenvalue weighted by molar-refractivity contribution is -0.145. The van der Waals surface area contributed by atoms with E-state index in [1.165, 1.54) is 4.90 Å². The SMILES string of the molecule is CC1NC(C)(C)N(CC(=O)O)C1=O. The molecular weight excluding hydrogens is 172 g/mol. The summed E-state index contributed by atoms with van der Waals surface area (Å²) in [5.74, 6) is -1.15. The highest BCUT2D eigenvalue weighted by molar-refractivity contribution is 5.87. The summed E-state index contributed by atoms with van der Waals surface area (Å²) in [4.78, 5) is 23.3. The second kappa shape index (κ2) is 2.99. The van der Waals surface area contributed by atoms with Crippen LogP contribution in [0.15, 0.2) is 0 Å². The van der Waals surface area contributed by atoms with E-state index in [1.54, 1.807) is 20.8 Å². The molecule has 0 radical (unpaired) electrons. The number of carboxylic acid groups (broad SMARTS) is 1. The second-order valence-electron chi connectivity index (χ2n) is 3.74. The van der Waals surface area contributed by atoms with Gasteiger partial charge in [0.1, 0.15) is 6.54 Å². The number of nitrogens with one attached hydrogen (secondary N) is 1.